The SMILES string of the molecule is O=C(CCCC1CNNC1)NCCNC(=O)c1cccnc1. The summed E-state index contributed by atoms with van der Waals surface area (Å²) in [5, 5.41) is 5.56. The van der Waals surface area contributed by atoms with E-state index in [1.165, 1.54) is 6.20 Å². The molecule has 1 aromatic rings. The number of aromatic nitrogens is 1. The van der Waals surface area contributed by atoms with Crippen molar-refractivity contribution in [1.29, 1.82) is 0 Å². The normalized spacial score (nSPS) is 14.7. The molecular formula is C15H23N5O2. The van der Waals surface area contributed by atoms with Gasteiger partial charge in [0, 0.05) is 45.0 Å². The Balaban J connectivity index is 1.50. The Morgan fingerprint density at radius 2 is 2.00 bits per heavy atom. The van der Waals surface area contributed by atoms with Crippen molar-refractivity contribution < 1.29 is 9.59 Å². The van der Waals surface area contributed by atoms with Gasteiger partial charge in [-0.2, -0.15) is 0 Å². The first-order chi connectivity index (χ1) is 10.8. The second-order valence-electron chi connectivity index (χ2n) is 5.37. The molecule has 1 aromatic heterocycles. The first-order valence-electron chi connectivity index (χ1n) is 7.66. The van der Waals surface area contributed by atoms with Gasteiger partial charge in [-0.3, -0.25) is 25.4 Å². The first-order valence-corrected chi connectivity index (χ1v) is 7.66. The van der Waals surface area contributed by atoms with Gasteiger partial charge in [0.1, 0.15) is 0 Å². The van der Waals surface area contributed by atoms with Gasteiger partial charge >= 0.3 is 0 Å². The van der Waals surface area contributed by atoms with Gasteiger partial charge in [0.15, 0.2) is 0 Å². The first kappa shape index (κ1) is 16.4. The number of nitrogens with zero attached hydrogens (tertiary/aromatic N) is 1. The second kappa shape index (κ2) is 9.11. The Kier molecular flexibility index (Phi) is 6.79. The summed E-state index contributed by atoms with van der Waals surface area (Å²) < 4.78 is 0. The number of hydrazine groups is 1. The lowest BCUT2D eigenvalue weighted by atomic mass is 10.0. The third-order valence-corrected chi connectivity index (χ3v) is 3.58. The molecular weight excluding hydrogens is 282 g/mol. The van der Waals surface area contributed by atoms with Crippen LogP contribution in [0.3, 0.4) is 0 Å². The van der Waals surface area contributed by atoms with Gasteiger partial charge in [-0.15, -0.1) is 0 Å². The van der Waals surface area contributed by atoms with Crippen molar-refractivity contribution >= 4 is 11.8 Å². The molecule has 0 radical (unpaired) electrons. The molecule has 4 N–H and O–H groups in total. The summed E-state index contributed by atoms with van der Waals surface area (Å²) in [6, 6.07) is 3.42. The average molecular weight is 305 g/mol. The monoisotopic (exact) mass is 305 g/mol. The quantitative estimate of drug-likeness (QED) is 0.500. The minimum atomic E-state index is -0.177. The van der Waals surface area contributed by atoms with Crippen molar-refractivity contribution in [2.75, 3.05) is 26.2 Å². The molecule has 1 aliphatic heterocycles. The lowest BCUT2D eigenvalue weighted by molar-refractivity contribution is -0.121. The smallest absolute Gasteiger partial charge is 0.252 e. The molecule has 22 heavy (non-hydrogen) atoms. The Morgan fingerprint density at radius 1 is 1.23 bits per heavy atom. The number of amides is 2. The molecule has 0 aliphatic carbocycles. The van der Waals surface area contributed by atoms with Crippen LogP contribution in [0.15, 0.2) is 24.5 Å². The van der Waals surface area contributed by atoms with E-state index in [4.69, 9.17) is 0 Å². The van der Waals surface area contributed by atoms with Gasteiger partial charge in [0.05, 0.1) is 5.56 Å². The van der Waals surface area contributed by atoms with Crippen LogP contribution in [0.4, 0.5) is 0 Å². The molecule has 1 aliphatic rings. The van der Waals surface area contributed by atoms with Crippen LogP contribution in [0.25, 0.3) is 0 Å². The topological polar surface area (TPSA) is 95.1 Å². The second-order valence-corrected chi connectivity index (χ2v) is 5.37. The maximum atomic E-state index is 11.7. The average Bonchev–Trinajstić information content (AvgIpc) is 3.05. The predicted octanol–water partition coefficient (Wildman–Crippen LogP) is -0.178. The number of hydrogen-bond acceptors (Lipinski definition) is 5. The Bertz CT molecular complexity index is 474. The molecule has 0 bridgehead atoms. The number of rotatable bonds is 8. The van der Waals surface area contributed by atoms with Crippen LogP contribution in [-0.2, 0) is 4.79 Å². The number of nitrogens with one attached hydrogen (secondary N) is 4. The number of pyridine rings is 1. The summed E-state index contributed by atoms with van der Waals surface area (Å²) in [4.78, 5) is 27.3. The minimum absolute atomic E-state index is 0.0366. The van der Waals surface area contributed by atoms with E-state index < -0.39 is 0 Å². The molecule has 0 aromatic carbocycles. The van der Waals surface area contributed by atoms with E-state index in [1.807, 2.05) is 0 Å². The Morgan fingerprint density at radius 3 is 2.73 bits per heavy atom. The Labute approximate surface area is 130 Å². The molecule has 0 unspecified atom stereocenters. The Hall–Kier alpha value is -1.99. The highest BCUT2D eigenvalue weighted by Crippen LogP contribution is 2.08. The van der Waals surface area contributed by atoms with Crippen LogP contribution in [0.5, 0.6) is 0 Å². The maximum absolute atomic E-state index is 11.7. The van der Waals surface area contributed by atoms with E-state index in [0.29, 0.717) is 31.0 Å². The standard InChI is InChI=1S/C15H23N5O2/c21-14(5-1-3-12-9-19-20-10-12)17-7-8-18-15(22)13-4-2-6-16-11-13/h2,4,6,11-12,19-20H,1,3,5,7-10H2,(H,17,21)(H,18,22). The molecule has 2 heterocycles. The molecule has 0 atom stereocenters. The molecule has 0 spiro atoms. The summed E-state index contributed by atoms with van der Waals surface area (Å²) >= 11 is 0. The van der Waals surface area contributed by atoms with E-state index in [2.05, 4.69) is 26.5 Å². The fourth-order valence-corrected chi connectivity index (χ4v) is 2.33. The van der Waals surface area contributed by atoms with Crippen LogP contribution >= 0.6 is 0 Å². The van der Waals surface area contributed by atoms with Gasteiger partial charge < -0.3 is 10.6 Å². The van der Waals surface area contributed by atoms with Gasteiger partial charge in [-0.1, -0.05) is 0 Å². The van der Waals surface area contributed by atoms with E-state index in [-0.39, 0.29) is 11.8 Å². The molecule has 2 amide bonds. The zero-order chi connectivity index (χ0) is 15.6. The van der Waals surface area contributed by atoms with Gasteiger partial charge in [0.2, 0.25) is 5.91 Å². The zero-order valence-corrected chi connectivity index (χ0v) is 12.6. The summed E-state index contributed by atoms with van der Waals surface area (Å²) in [6.07, 6.45) is 5.61. The minimum Gasteiger partial charge on any atom is -0.354 e. The van der Waals surface area contributed by atoms with Crippen molar-refractivity contribution in [3.63, 3.8) is 0 Å². The lowest BCUT2D eigenvalue weighted by Crippen LogP contribution is -2.34. The molecule has 7 heteroatoms. The van der Waals surface area contributed by atoms with Gasteiger partial charge in [0.25, 0.3) is 5.91 Å². The molecule has 7 nitrogen and oxygen atoms in total. The van der Waals surface area contributed by atoms with Crippen LogP contribution in [-0.4, -0.2) is 43.0 Å². The number of carbonyl (C=O) groups excluding carboxylic acids is 2. The van der Waals surface area contributed by atoms with Crippen LogP contribution in [0.2, 0.25) is 0 Å². The highest BCUT2D eigenvalue weighted by molar-refractivity contribution is 5.93. The fourth-order valence-electron chi connectivity index (χ4n) is 2.33. The zero-order valence-electron chi connectivity index (χ0n) is 12.6. The fraction of sp³-hybridized carbons (Fsp3) is 0.533. The summed E-state index contributed by atoms with van der Waals surface area (Å²) in [5.41, 5.74) is 6.68. The van der Waals surface area contributed by atoms with Crippen molar-refractivity contribution in [3.8, 4) is 0 Å². The summed E-state index contributed by atoms with van der Waals surface area (Å²) in [5.74, 6) is 0.477. The largest absolute Gasteiger partial charge is 0.354 e. The van der Waals surface area contributed by atoms with Crippen molar-refractivity contribution in [3.05, 3.63) is 30.1 Å². The highest BCUT2D eigenvalue weighted by atomic mass is 16.2. The maximum Gasteiger partial charge on any atom is 0.252 e. The van der Waals surface area contributed by atoms with E-state index in [1.54, 1.807) is 18.3 Å². The molecule has 2 rings (SSSR count). The van der Waals surface area contributed by atoms with E-state index >= 15 is 0 Å². The van der Waals surface area contributed by atoms with E-state index in [9.17, 15) is 9.59 Å². The van der Waals surface area contributed by atoms with Crippen LogP contribution in [0, 0.1) is 5.92 Å². The van der Waals surface area contributed by atoms with Gasteiger partial charge in [-0.25, -0.2) is 0 Å². The van der Waals surface area contributed by atoms with Crippen molar-refractivity contribution in [1.82, 2.24) is 26.5 Å². The molecule has 120 valence electrons. The van der Waals surface area contributed by atoms with Crippen molar-refractivity contribution in [2.24, 2.45) is 5.92 Å². The predicted molar refractivity (Wildman–Crippen MR) is 82.9 cm³/mol. The lowest BCUT2D eigenvalue weighted by Gasteiger charge is -2.08. The van der Waals surface area contributed by atoms with Crippen LogP contribution in [0.1, 0.15) is 29.6 Å². The number of carbonyl (C=O) groups is 2. The summed E-state index contributed by atoms with van der Waals surface area (Å²) in [6.45, 7) is 2.80. The third kappa shape index (κ3) is 5.79. The summed E-state index contributed by atoms with van der Waals surface area (Å²) in [7, 11) is 0. The van der Waals surface area contributed by atoms with E-state index in [0.717, 1.165) is 25.9 Å². The molecule has 1 fully saturated rings. The van der Waals surface area contributed by atoms with Gasteiger partial charge in [-0.05, 0) is 30.9 Å². The molecule has 1 saturated heterocycles. The third-order valence-electron chi connectivity index (χ3n) is 3.58. The molecule has 0 saturated carbocycles. The highest BCUT2D eigenvalue weighted by Gasteiger charge is 2.13. The van der Waals surface area contributed by atoms with Crippen LogP contribution < -0.4 is 21.5 Å². The number of hydrogen-bond donors (Lipinski definition) is 4. The van der Waals surface area contributed by atoms with Crippen molar-refractivity contribution in [2.45, 2.75) is 19.3 Å².